The zero-order valence-corrected chi connectivity index (χ0v) is 11.7. The molecule has 0 aromatic carbocycles. The molecule has 2 aliphatic rings. The molecule has 0 saturated carbocycles. The van der Waals surface area contributed by atoms with Crippen LogP contribution in [-0.4, -0.2) is 48.4 Å². The second kappa shape index (κ2) is 6.07. The van der Waals surface area contributed by atoms with Crippen molar-refractivity contribution in [1.82, 2.24) is 15.5 Å². The van der Waals surface area contributed by atoms with E-state index in [1.807, 2.05) is 0 Å². The molecular weight excluding hydrogens is 311 g/mol. The Kier molecular flexibility index (Phi) is 4.91. The van der Waals surface area contributed by atoms with E-state index >= 15 is 0 Å². The topological polar surface area (TPSA) is 27.3 Å². The molecule has 3 nitrogen and oxygen atoms in total. The quantitative estimate of drug-likeness (QED) is 0.609. The first-order valence-electron chi connectivity index (χ1n) is 6.39. The summed E-state index contributed by atoms with van der Waals surface area (Å²) in [4.78, 5) is 2.03. The van der Waals surface area contributed by atoms with Gasteiger partial charge in [-0.15, -0.1) is 0 Å². The van der Waals surface area contributed by atoms with Gasteiger partial charge in [-0.2, -0.15) is 13.2 Å². The van der Waals surface area contributed by atoms with Crippen molar-refractivity contribution < 1.29 is 13.2 Å². The maximum atomic E-state index is 12.8. The summed E-state index contributed by atoms with van der Waals surface area (Å²) in [5.74, 6) is -1.31. The van der Waals surface area contributed by atoms with Gasteiger partial charge in [-0.25, -0.2) is 0 Å². The van der Waals surface area contributed by atoms with Crippen LogP contribution in [0.15, 0.2) is 0 Å². The number of hydrogen-bond donors (Lipinski definition) is 2. The predicted octanol–water partition coefficient (Wildman–Crippen LogP) is 1.89. The highest BCUT2D eigenvalue weighted by Gasteiger charge is 2.49. The Morgan fingerprint density at radius 2 is 1.94 bits per heavy atom. The van der Waals surface area contributed by atoms with Crippen LogP contribution in [0.2, 0.25) is 0 Å². The molecular formula is C11H19BrF3N3. The largest absolute Gasteiger partial charge is 0.394 e. The van der Waals surface area contributed by atoms with Crippen LogP contribution in [0.4, 0.5) is 13.2 Å². The molecule has 106 valence electrons. The molecule has 0 amide bonds. The van der Waals surface area contributed by atoms with Crippen LogP contribution in [0.25, 0.3) is 0 Å². The number of rotatable bonds is 4. The Balaban J connectivity index is 1.76. The molecule has 0 spiro atoms. The molecule has 2 heterocycles. The summed E-state index contributed by atoms with van der Waals surface area (Å²) in [5, 5.41) is 5.90. The van der Waals surface area contributed by atoms with Gasteiger partial charge in [0.1, 0.15) is 0 Å². The Labute approximate surface area is 114 Å². The van der Waals surface area contributed by atoms with Crippen molar-refractivity contribution in [3.8, 4) is 0 Å². The van der Waals surface area contributed by atoms with Gasteiger partial charge in [-0.05, 0) is 32.4 Å². The summed E-state index contributed by atoms with van der Waals surface area (Å²) in [6, 6.07) is 0. The fourth-order valence-electron chi connectivity index (χ4n) is 2.65. The molecule has 0 aromatic rings. The predicted molar refractivity (Wildman–Crippen MR) is 67.5 cm³/mol. The first kappa shape index (κ1) is 14.6. The van der Waals surface area contributed by atoms with Gasteiger partial charge >= 0.3 is 6.18 Å². The average molecular weight is 330 g/mol. The summed E-state index contributed by atoms with van der Waals surface area (Å²) >= 11 is 3.21. The molecule has 2 N–H and O–H groups in total. The average Bonchev–Trinajstić information content (AvgIpc) is 2.87. The van der Waals surface area contributed by atoms with E-state index in [2.05, 4.69) is 31.5 Å². The molecule has 3 atom stereocenters. The van der Waals surface area contributed by atoms with Gasteiger partial charge in [0.05, 0.1) is 17.0 Å². The van der Waals surface area contributed by atoms with E-state index in [0.29, 0.717) is 6.54 Å². The van der Waals surface area contributed by atoms with Gasteiger partial charge in [-0.3, -0.25) is 5.32 Å². The smallest absolute Gasteiger partial charge is 0.302 e. The first-order valence-corrected chi connectivity index (χ1v) is 7.31. The standard InChI is InChI=1S/C11H19BrF3N3/c12-9-7-8(11(13,14)15)10(17-9)16-3-6-18-4-1-2-5-18/h8-10,16-17H,1-7H2. The van der Waals surface area contributed by atoms with Crippen LogP contribution in [0.5, 0.6) is 0 Å². The molecule has 0 radical (unpaired) electrons. The number of likely N-dealkylation sites (tertiary alicyclic amines) is 1. The molecule has 2 fully saturated rings. The van der Waals surface area contributed by atoms with Crippen LogP contribution in [0.1, 0.15) is 19.3 Å². The molecule has 0 aliphatic carbocycles. The lowest BCUT2D eigenvalue weighted by atomic mass is 10.1. The maximum Gasteiger partial charge on any atom is 0.394 e. The molecule has 0 bridgehead atoms. The van der Waals surface area contributed by atoms with Crippen LogP contribution in [0, 0.1) is 5.92 Å². The van der Waals surface area contributed by atoms with Crippen molar-refractivity contribution in [2.45, 2.75) is 36.6 Å². The summed E-state index contributed by atoms with van der Waals surface area (Å²) in [5.41, 5.74) is 0. The van der Waals surface area contributed by atoms with Gasteiger partial charge in [0.25, 0.3) is 0 Å². The number of nitrogens with one attached hydrogen (secondary N) is 2. The van der Waals surface area contributed by atoms with Gasteiger partial charge in [-0.1, -0.05) is 15.9 Å². The normalized spacial score (nSPS) is 34.3. The van der Waals surface area contributed by atoms with Crippen molar-refractivity contribution in [3.05, 3.63) is 0 Å². The van der Waals surface area contributed by atoms with E-state index in [-0.39, 0.29) is 11.4 Å². The monoisotopic (exact) mass is 329 g/mol. The summed E-state index contributed by atoms with van der Waals surface area (Å²) in [6.45, 7) is 3.58. The van der Waals surface area contributed by atoms with Crippen LogP contribution in [0.3, 0.4) is 0 Å². The van der Waals surface area contributed by atoms with E-state index in [1.54, 1.807) is 0 Å². The minimum atomic E-state index is -4.14. The second-order valence-electron chi connectivity index (χ2n) is 5.00. The molecule has 2 saturated heterocycles. The van der Waals surface area contributed by atoms with Crippen molar-refractivity contribution >= 4 is 15.9 Å². The molecule has 18 heavy (non-hydrogen) atoms. The molecule has 2 rings (SSSR count). The number of hydrogen-bond acceptors (Lipinski definition) is 3. The molecule has 0 aromatic heterocycles. The minimum absolute atomic E-state index is 0.0882. The highest BCUT2D eigenvalue weighted by molar-refractivity contribution is 9.09. The zero-order chi connectivity index (χ0) is 13.2. The van der Waals surface area contributed by atoms with Crippen molar-refractivity contribution in [1.29, 1.82) is 0 Å². The van der Waals surface area contributed by atoms with Gasteiger partial charge < -0.3 is 10.2 Å². The zero-order valence-electron chi connectivity index (χ0n) is 10.1. The van der Waals surface area contributed by atoms with Gasteiger partial charge in [0.15, 0.2) is 0 Å². The van der Waals surface area contributed by atoms with E-state index < -0.39 is 18.3 Å². The first-order chi connectivity index (χ1) is 8.47. The van der Waals surface area contributed by atoms with Crippen molar-refractivity contribution in [2.75, 3.05) is 26.2 Å². The van der Waals surface area contributed by atoms with E-state index in [4.69, 9.17) is 0 Å². The lowest BCUT2D eigenvalue weighted by Gasteiger charge is -2.24. The van der Waals surface area contributed by atoms with Crippen LogP contribution < -0.4 is 10.6 Å². The minimum Gasteiger partial charge on any atom is -0.302 e. The van der Waals surface area contributed by atoms with Gasteiger partial charge in [0.2, 0.25) is 0 Å². The number of alkyl halides is 4. The van der Waals surface area contributed by atoms with Crippen molar-refractivity contribution in [2.24, 2.45) is 5.92 Å². The highest BCUT2D eigenvalue weighted by atomic mass is 79.9. The van der Waals surface area contributed by atoms with E-state index in [1.165, 1.54) is 12.8 Å². The Morgan fingerprint density at radius 3 is 2.56 bits per heavy atom. The third-order valence-corrected chi connectivity index (χ3v) is 4.27. The summed E-state index contributed by atoms with van der Waals surface area (Å²) in [6.07, 6.45) is -2.31. The summed E-state index contributed by atoms with van der Waals surface area (Å²) in [7, 11) is 0. The number of nitrogens with zero attached hydrogens (tertiary/aromatic N) is 1. The lowest BCUT2D eigenvalue weighted by Crippen LogP contribution is -2.49. The Morgan fingerprint density at radius 1 is 1.28 bits per heavy atom. The number of halogens is 4. The molecule has 2 aliphatic heterocycles. The fourth-order valence-corrected chi connectivity index (χ4v) is 3.33. The molecule has 7 heteroatoms. The van der Waals surface area contributed by atoms with Crippen molar-refractivity contribution in [3.63, 3.8) is 0 Å². The lowest BCUT2D eigenvalue weighted by molar-refractivity contribution is -0.178. The SMILES string of the molecule is FC(F)(F)C1CC(Br)NC1NCCN1CCCC1. The van der Waals surface area contributed by atoms with Crippen LogP contribution in [-0.2, 0) is 0 Å². The third-order valence-electron chi connectivity index (χ3n) is 3.64. The van der Waals surface area contributed by atoms with Gasteiger partial charge in [0, 0.05) is 13.1 Å². The summed E-state index contributed by atoms with van der Waals surface area (Å²) < 4.78 is 38.4. The Bertz CT molecular complexity index is 269. The maximum absolute atomic E-state index is 12.8. The van der Waals surface area contributed by atoms with Crippen LogP contribution >= 0.6 is 15.9 Å². The second-order valence-corrected chi connectivity index (χ2v) is 6.10. The van der Waals surface area contributed by atoms with E-state index in [0.717, 1.165) is 19.6 Å². The Hall–Kier alpha value is 0.150. The molecule has 3 unspecified atom stereocenters. The highest BCUT2D eigenvalue weighted by Crippen LogP contribution is 2.36. The third kappa shape index (κ3) is 3.82. The van der Waals surface area contributed by atoms with E-state index in [9.17, 15) is 13.2 Å². The fraction of sp³-hybridized carbons (Fsp3) is 1.00.